The summed E-state index contributed by atoms with van der Waals surface area (Å²) in [6.45, 7) is -0.203. The molecular weight excluding hydrogens is 194 g/mol. The van der Waals surface area contributed by atoms with Crippen LogP contribution in [0.15, 0.2) is 0 Å². The van der Waals surface area contributed by atoms with E-state index < -0.39 is 36.2 Å². The second kappa shape index (κ2) is 2.88. The fourth-order valence-corrected chi connectivity index (χ4v) is 1.84. The summed E-state index contributed by atoms with van der Waals surface area (Å²) in [4.78, 5) is 10.7. The molecule has 5 N–H and O–H groups in total. The van der Waals surface area contributed by atoms with E-state index in [1.165, 1.54) is 0 Å². The largest absolute Gasteiger partial charge is 0.479 e. The van der Waals surface area contributed by atoms with E-state index in [0.29, 0.717) is 0 Å². The lowest BCUT2D eigenvalue weighted by molar-refractivity contribution is -0.217. The van der Waals surface area contributed by atoms with Gasteiger partial charge >= 0.3 is 5.97 Å². The molecule has 2 fully saturated rings. The Kier molecular flexibility index (Phi) is 2.02. The predicted molar refractivity (Wildman–Crippen MR) is 41.2 cm³/mol. The zero-order valence-electron chi connectivity index (χ0n) is 7.16. The number of ether oxygens (including phenoxy) is 2. The number of carboxylic acids is 1. The van der Waals surface area contributed by atoms with Crippen LogP contribution in [0.1, 0.15) is 0 Å². The highest BCUT2D eigenvalue weighted by Crippen LogP contribution is 2.42. The van der Waals surface area contributed by atoms with Gasteiger partial charge in [0.25, 0.3) is 0 Å². The van der Waals surface area contributed by atoms with E-state index in [1.54, 1.807) is 0 Å². The van der Waals surface area contributed by atoms with E-state index in [4.69, 9.17) is 20.3 Å². The Labute approximate surface area is 79.0 Å². The molecule has 0 spiro atoms. The van der Waals surface area contributed by atoms with Crippen LogP contribution >= 0.6 is 0 Å². The van der Waals surface area contributed by atoms with E-state index in [2.05, 4.69) is 0 Å². The summed E-state index contributed by atoms with van der Waals surface area (Å²) in [5, 5.41) is 27.6. The van der Waals surface area contributed by atoms with Gasteiger partial charge < -0.3 is 30.5 Å². The molecule has 2 aliphatic rings. The van der Waals surface area contributed by atoms with E-state index in [0.717, 1.165) is 0 Å². The van der Waals surface area contributed by atoms with Crippen LogP contribution in [0.4, 0.5) is 0 Å². The van der Waals surface area contributed by atoms with Gasteiger partial charge in [-0.25, -0.2) is 4.79 Å². The predicted octanol–water partition coefficient (Wildman–Crippen LogP) is -2.75. The van der Waals surface area contributed by atoms with Crippen LogP contribution in [0, 0.1) is 0 Å². The summed E-state index contributed by atoms with van der Waals surface area (Å²) in [5.74, 6) is -2.80. The number of aliphatic carboxylic acids is 1. The molecule has 7 nitrogen and oxygen atoms in total. The molecule has 0 amide bonds. The van der Waals surface area contributed by atoms with Gasteiger partial charge in [0.15, 0.2) is 6.10 Å². The van der Waals surface area contributed by atoms with Crippen LogP contribution < -0.4 is 5.73 Å². The zero-order chi connectivity index (χ0) is 10.5. The molecule has 0 aliphatic carbocycles. The number of fused-ring (bicyclic) bond motifs is 2. The SMILES string of the molecule is NCC12OC(C(=O)O)C(O1)C(O)C2O. The van der Waals surface area contributed by atoms with Gasteiger partial charge in [-0.3, -0.25) is 0 Å². The third kappa shape index (κ3) is 1.01. The lowest BCUT2D eigenvalue weighted by Crippen LogP contribution is -2.56. The van der Waals surface area contributed by atoms with Gasteiger partial charge in [0.1, 0.15) is 18.3 Å². The molecule has 2 aliphatic heterocycles. The van der Waals surface area contributed by atoms with Crippen LogP contribution in [0.25, 0.3) is 0 Å². The highest BCUT2D eigenvalue weighted by Gasteiger charge is 2.65. The molecule has 0 aromatic carbocycles. The summed E-state index contributed by atoms with van der Waals surface area (Å²) in [5.41, 5.74) is 5.31. The maximum absolute atomic E-state index is 10.7. The molecule has 2 saturated heterocycles. The van der Waals surface area contributed by atoms with Crippen molar-refractivity contribution in [1.82, 2.24) is 0 Å². The molecule has 5 unspecified atom stereocenters. The van der Waals surface area contributed by atoms with E-state index >= 15 is 0 Å². The van der Waals surface area contributed by atoms with E-state index in [1.807, 2.05) is 0 Å². The summed E-state index contributed by atoms with van der Waals surface area (Å²) in [6, 6.07) is 0. The van der Waals surface area contributed by atoms with Crippen molar-refractivity contribution in [3.63, 3.8) is 0 Å². The maximum Gasteiger partial charge on any atom is 0.335 e. The Hall–Kier alpha value is -0.730. The second-order valence-electron chi connectivity index (χ2n) is 3.41. The number of nitrogens with two attached hydrogens (primary N) is 1. The normalized spacial score (nSPS) is 51.1. The fourth-order valence-electron chi connectivity index (χ4n) is 1.84. The van der Waals surface area contributed by atoms with Crippen molar-refractivity contribution in [3.05, 3.63) is 0 Å². The maximum atomic E-state index is 10.7. The molecular formula is C7H11NO6. The average molecular weight is 205 g/mol. The summed E-state index contributed by atoms with van der Waals surface area (Å²) in [6.07, 6.45) is -4.88. The highest BCUT2D eigenvalue weighted by molar-refractivity contribution is 5.74. The molecule has 0 aromatic heterocycles. The highest BCUT2D eigenvalue weighted by atomic mass is 16.8. The van der Waals surface area contributed by atoms with Crippen LogP contribution in [0.3, 0.4) is 0 Å². The van der Waals surface area contributed by atoms with Crippen LogP contribution in [0.2, 0.25) is 0 Å². The quantitative estimate of drug-likeness (QED) is 0.385. The van der Waals surface area contributed by atoms with Gasteiger partial charge in [0.2, 0.25) is 5.79 Å². The molecule has 5 atom stereocenters. The Morgan fingerprint density at radius 2 is 2.07 bits per heavy atom. The fraction of sp³-hybridized carbons (Fsp3) is 0.857. The third-order valence-corrected chi connectivity index (χ3v) is 2.60. The number of hydrogen-bond donors (Lipinski definition) is 4. The Morgan fingerprint density at radius 1 is 1.43 bits per heavy atom. The third-order valence-electron chi connectivity index (χ3n) is 2.60. The smallest absolute Gasteiger partial charge is 0.335 e. The first-order valence-corrected chi connectivity index (χ1v) is 4.16. The summed E-state index contributed by atoms with van der Waals surface area (Å²) < 4.78 is 10.1. The molecule has 14 heavy (non-hydrogen) atoms. The minimum Gasteiger partial charge on any atom is -0.479 e. The Balaban J connectivity index is 2.27. The summed E-state index contributed by atoms with van der Waals surface area (Å²) in [7, 11) is 0. The van der Waals surface area contributed by atoms with Crippen LogP contribution in [-0.4, -0.2) is 58.0 Å². The average Bonchev–Trinajstić information content (AvgIpc) is 2.65. The van der Waals surface area contributed by atoms with Gasteiger partial charge in [-0.15, -0.1) is 0 Å². The van der Waals surface area contributed by atoms with E-state index in [-0.39, 0.29) is 6.54 Å². The number of aliphatic hydroxyl groups excluding tert-OH is 2. The topological polar surface area (TPSA) is 122 Å². The number of hydrogen-bond acceptors (Lipinski definition) is 6. The minimum absolute atomic E-state index is 0.203. The van der Waals surface area contributed by atoms with Crippen LogP contribution in [-0.2, 0) is 14.3 Å². The van der Waals surface area contributed by atoms with Crippen molar-refractivity contribution >= 4 is 5.97 Å². The molecule has 2 heterocycles. The van der Waals surface area contributed by atoms with Gasteiger partial charge in [-0.1, -0.05) is 0 Å². The number of rotatable bonds is 2. The molecule has 80 valence electrons. The molecule has 0 aromatic rings. The Bertz CT molecular complexity index is 271. The van der Waals surface area contributed by atoms with Crippen molar-refractivity contribution in [2.45, 2.75) is 30.2 Å². The molecule has 2 rings (SSSR count). The van der Waals surface area contributed by atoms with E-state index in [9.17, 15) is 15.0 Å². The van der Waals surface area contributed by atoms with Crippen molar-refractivity contribution in [2.24, 2.45) is 5.73 Å². The number of carboxylic acid groups (broad SMARTS) is 1. The van der Waals surface area contributed by atoms with Crippen molar-refractivity contribution < 1.29 is 29.6 Å². The summed E-state index contributed by atoms with van der Waals surface area (Å²) >= 11 is 0. The molecule has 0 radical (unpaired) electrons. The zero-order valence-corrected chi connectivity index (χ0v) is 7.16. The lowest BCUT2D eigenvalue weighted by atomic mass is 9.98. The first-order valence-electron chi connectivity index (χ1n) is 4.16. The first kappa shape index (κ1) is 9.81. The van der Waals surface area contributed by atoms with Gasteiger partial charge in [-0.2, -0.15) is 0 Å². The van der Waals surface area contributed by atoms with Crippen molar-refractivity contribution in [2.75, 3.05) is 6.54 Å². The lowest BCUT2D eigenvalue weighted by Gasteiger charge is -2.31. The molecule has 0 saturated carbocycles. The van der Waals surface area contributed by atoms with Gasteiger partial charge in [0.05, 0.1) is 6.54 Å². The van der Waals surface area contributed by atoms with Gasteiger partial charge in [0, 0.05) is 0 Å². The van der Waals surface area contributed by atoms with Crippen LogP contribution in [0.5, 0.6) is 0 Å². The standard InChI is InChI=1S/C7H11NO6/c8-1-7-5(10)2(9)3(13-7)4(14-7)6(11)12/h2-5,9-10H,1,8H2,(H,11,12). The van der Waals surface area contributed by atoms with Crippen molar-refractivity contribution in [1.29, 1.82) is 0 Å². The first-order chi connectivity index (χ1) is 6.52. The second-order valence-corrected chi connectivity index (χ2v) is 3.41. The molecule has 2 bridgehead atoms. The van der Waals surface area contributed by atoms with Gasteiger partial charge in [-0.05, 0) is 0 Å². The number of aliphatic hydroxyl groups is 2. The minimum atomic E-state index is -1.56. The van der Waals surface area contributed by atoms with Crippen molar-refractivity contribution in [3.8, 4) is 0 Å². The monoisotopic (exact) mass is 205 g/mol. The number of carbonyl (C=O) groups is 1. The molecule has 7 heteroatoms. The Morgan fingerprint density at radius 3 is 2.50 bits per heavy atom.